The molecule has 0 aliphatic rings. The summed E-state index contributed by atoms with van der Waals surface area (Å²) in [6.07, 6.45) is 4.24. The number of aliphatic hydroxyl groups excluding tert-OH is 1. The highest BCUT2D eigenvalue weighted by Crippen LogP contribution is 2.08. The highest BCUT2D eigenvalue weighted by molar-refractivity contribution is 4.63. The molecule has 2 unspecified atom stereocenters. The smallest absolute Gasteiger partial charge is 0.0785 e. The van der Waals surface area contributed by atoms with Crippen molar-refractivity contribution in [3.63, 3.8) is 0 Å². The first-order chi connectivity index (χ1) is 7.56. The van der Waals surface area contributed by atoms with Gasteiger partial charge >= 0.3 is 0 Å². The normalized spacial score (nSPS) is 15.4. The van der Waals surface area contributed by atoms with Crippen LogP contribution < -0.4 is 5.32 Å². The van der Waals surface area contributed by atoms with Gasteiger partial charge in [0.2, 0.25) is 0 Å². The Balaban J connectivity index is 3.32. The summed E-state index contributed by atoms with van der Waals surface area (Å²) in [6.45, 7) is 8.04. The summed E-state index contributed by atoms with van der Waals surface area (Å²) in [5.74, 6) is 0.802. The minimum absolute atomic E-state index is 0.333. The van der Waals surface area contributed by atoms with Gasteiger partial charge in [0.25, 0.3) is 0 Å². The molecule has 0 amide bonds. The second kappa shape index (κ2) is 10.1. The fourth-order valence-electron chi connectivity index (χ4n) is 1.71. The van der Waals surface area contributed by atoms with Gasteiger partial charge in [-0.15, -0.1) is 0 Å². The number of methoxy groups -OCH3 is 1. The minimum Gasteiger partial charge on any atom is -0.391 e. The Hall–Kier alpha value is -0.120. The summed E-state index contributed by atoms with van der Waals surface area (Å²) in [6, 6.07) is 0.550. The first-order valence-corrected chi connectivity index (χ1v) is 6.46. The molecule has 3 nitrogen and oxygen atoms in total. The highest BCUT2D eigenvalue weighted by Gasteiger charge is 2.05. The van der Waals surface area contributed by atoms with Crippen molar-refractivity contribution >= 4 is 0 Å². The molecule has 0 aliphatic heterocycles. The van der Waals surface area contributed by atoms with Gasteiger partial charge in [0.1, 0.15) is 0 Å². The van der Waals surface area contributed by atoms with Crippen molar-refractivity contribution in [3.05, 3.63) is 0 Å². The van der Waals surface area contributed by atoms with E-state index in [4.69, 9.17) is 4.74 Å². The predicted molar refractivity (Wildman–Crippen MR) is 68.7 cm³/mol. The van der Waals surface area contributed by atoms with E-state index in [-0.39, 0.29) is 6.10 Å². The van der Waals surface area contributed by atoms with Gasteiger partial charge in [-0.25, -0.2) is 0 Å². The van der Waals surface area contributed by atoms with Gasteiger partial charge in [0.05, 0.1) is 12.7 Å². The standard InChI is InChI=1S/C13H29NO2/c1-11(2)6-5-7-12(3)14-9-8-13(15)10-16-4/h11-15H,5-10H2,1-4H3. The van der Waals surface area contributed by atoms with Crippen LogP contribution in [0, 0.1) is 5.92 Å². The molecule has 0 spiro atoms. The molecule has 2 N–H and O–H groups in total. The van der Waals surface area contributed by atoms with Crippen LogP contribution in [0.15, 0.2) is 0 Å². The van der Waals surface area contributed by atoms with Crippen LogP contribution in [-0.4, -0.2) is 37.5 Å². The maximum atomic E-state index is 9.45. The van der Waals surface area contributed by atoms with E-state index in [1.807, 2.05) is 0 Å². The summed E-state index contributed by atoms with van der Waals surface area (Å²) in [5, 5.41) is 12.9. The van der Waals surface area contributed by atoms with E-state index in [0.29, 0.717) is 12.6 Å². The summed E-state index contributed by atoms with van der Waals surface area (Å²) >= 11 is 0. The van der Waals surface area contributed by atoms with Crippen molar-refractivity contribution in [2.75, 3.05) is 20.3 Å². The van der Waals surface area contributed by atoms with Crippen LogP contribution in [0.2, 0.25) is 0 Å². The van der Waals surface area contributed by atoms with E-state index in [1.54, 1.807) is 7.11 Å². The Morgan fingerprint density at radius 1 is 1.12 bits per heavy atom. The zero-order valence-corrected chi connectivity index (χ0v) is 11.3. The fraction of sp³-hybridized carbons (Fsp3) is 1.00. The summed E-state index contributed by atoms with van der Waals surface area (Å²) in [5.41, 5.74) is 0. The maximum absolute atomic E-state index is 9.45. The molecule has 0 bridgehead atoms. The van der Waals surface area contributed by atoms with Crippen LogP contribution in [0.1, 0.15) is 46.5 Å². The number of rotatable bonds is 10. The highest BCUT2D eigenvalue weighted by atomic mass is 16.5. The molecule has 0 rings (SSSR count). The number of hydrogen-bond donors (Lipinski definition) is 2. The zero-order valence-electron chi connectivity index (χ0n) is 11.3. The van der Waals surface area contributed by atoms with E-state index in [9.17, 15) is 5.11 Å². The predicted octanol–water partition coefficient (Wildman–Crippen LogP) is 2.19. The molecule has 0 saturated carbocycles. The van der Waals surface area contributed by atoms with Crippen LogP contribution in [0.25, 0.3) is 0 Å². The van der Waals surface area contributed by atoms with Crippen LogP contribution in [0.3, 0.4) is 0 Å². The minimum atomic E-state index is -0.333. The third-order valence-corrected chi connectivity index (χ3v) is 2.75. The van der Waals surface area contributed by atoms with Crippen LogP contribution in [-0.2, 0) is 4.74 Å². The number of hydrogen-bond acceptors (Lipinski definition) is 3. The first-order valence-electron chi connectivity index (χ1n) is 6.46. The lowest BCUT2D eigenvalue weighted by Gasteiger charge is -2.16. The molecule has 98 valence electrons. The van der Waals surface area contributed by atoms with Crippen molar-refractivity contribution in [2.24, 2.45) is 5.92 Å². The van der Waals surface area contributed by atoms with Gasteiger partial charge < -0.3 is 15.2 Å². The summed E-state index contributed by atoms with van der Waals surface area (Å²) < 4.78 is 4.87. The summed E-state index contributed by atoms with van der Waals surface area (Å²) in [7, 11) is 1.62. The number of nitrogens with one attached hydrogen (secondary N) is 1. The first kappa shape index (κ1) is 15.9. The molecule has 16 heavy (non-hydrogen) atoms. The molecule has 0 aromatic carbocycles. The van der Waals surface area contributed by atoms with Crippen LogP contribution >= 0.6 is 0 Å². The van der Waals surface area contributed by atoms with Gasteiger partial charge in [-0.3, -0.25) is 0 Å². The lowest BCUT2D eigenvalue weighted by atomic mass is 10.0. The molecule has 0 aromatic rings. The average molecular weight is 231 g/mol. The van der Waals surface area contributed by atoms with Crippen molar-refractivity contribution < 1.29 is 9.84 Å². The van der Waals surface area contributed by atoms with E-state index >= 15 is 0 Å². The maximum Gasteiger partial charge on any atom is 0.0785 e. The lowest BCUT2D eigenvalue weighted by molar-refractivity contribution is 0.0590. The van der Waals surface area contributed by atoms with Crippen LogP contribution in [0.5, 0.6) is 0 Å². The molecule has 2 atom stereocenters. The van der Waals surface area contributed by atoms with Gasteiger partial charge in [-0.1, -0.05) is 26.7 Å². The monoisotopic (exact) mass is 231 g/mol. The zero-order chi connectivity index (χ0) is 12.4. The van der Waals surface area contributed by atoms with Gasteiger partial charge in [-0.05, 0) is 32.2 Å². The molecular weight excluding hydrogens is 202 g/mol. The molecule has 3 heteroatoms. The average Bonchev–Trinajstić information content (AvgIpc) is 2.17. The topological polar surface area (TPSA) is 41.5 Å². The van der Waals surface area contributed by atoms with Gasteiger partial charge in [0, 0.05) is 13.2 Å². The fourth-order valence-corrected chi connectivity index (χ4v) is 1.71. The molecule has 0 aromatic heterocycles. The molecule has 0 fully saturated rings. The van der Waals surface area contributed by atoms with E-state index in [2.05, 4.69) is 26.1 Å². The Labute approximate surface area is 101 Å². The van der Waals surface area contributed by atoms with E-state index in [0.717, 1.165) is 18.9 Å². The van der Waals surface area contributed by atoms with E-state index in [1.165, 1.54) is 19.3 Å². The Morgan fingerprint density at radius 2 is 1.81 bits per heavy atom. The molecule has 0 radical (unpaired) electrons. The lowest BCUT2D eigenvalue weighted by Crippen LogP contribution is -2.30. The van der Waals surface area contributed by atoms with Crippen LogP contribution in [0.4, 0.5) is 0 Å². The number of ether oxygens (including phenoxy) is 1. The second-order valence-electron chi connectivity index (χ2n) is 5.08. The van der Waals surface area contributed by atoms with Gasteiger partial charge in [-0.2, -0.15) is 0 Å². The summed E-state index contributed by atoms with van der Waals surface area (Å²) in [4.78, 5) is 0. The SMILES string of the molecule is COCC(O)CCNC(C)CCCC(C)C. The largest absolute Gasteiger partial charge is 0.391 e. The van der Waals surface area contributed by atoms with Crippen molar-refractivity contribution in [1.82, 2.24) is 5.32 Å². The second-order valence-corrected chi connectivity index (χ2v) is 5.08. The Kier molecular flexibility index (Phi) is 9.99. The molecule has 0 aliphatic carbocycles. The van der Waals surface area contributed by atoms with Crippen molar-refractivity contribution in [2.45, 2.75) is 58.6 Å². The third-order valence-electron chi connectivity index (χ3n) is 2.75. The molecule has 0 heterocycles. The third kappa shape index (κ3) is 10.4. The molecule has 0 saturated heterocycles. The van der Waals surface area contributed by atoms with Crippen molar-refractivity contribution in [1.29, 1.82) is 0 Å². The number of aliphatic hydroxyl groups is 1. The van der Waals surface area contributed by atoms with Gasteiger partial charge in [0.15, 0.2) is 0 Å². The van der Waals surface area contributed by atoms with E-state index < -0.39 is 0 Å². The van der Waals surface area contributed by atoms with Crippen molar-refractivity contribution in [3.8, 4) is 0 Å². The Morgan fingerprint density at radius 3 is 2.38 bits per heavy atom. The quantitative estimate of drug-likeness (QED) is 0.605. The molecular formula is C13H29NO2. The Bertz CT molecular complexity index is 151.